The largest absolute Gasteiger partial charge is 0.466 e. The van der Waals surface area contributed by atoms with Crippen molar-refractivity contribution in [1.29, 1.82) is 0 Å². The fourth-order valence-corrected chi connectivity index (χ4v) is 1.35. The second-order valence-electron chi connectivity index (χ2n) is 2.91. The number of nitrogens with zero attached hydrogens (tertiary/aromatic N) is 2. The van der Waals surface area contributed by atoms with Gasteiger partial charge in [-0.3, -0.25) is 4.79 Å². The van der Waals surface area contributed by atoms with Gasteiger partial charge < -0.3 is 4.74 Å². The van der Waals surface area contributed by atoms with Gasteiger partial charge >= 0.3 is 5.97 Å². The molecule has 0 unspecified atom stereocenters. The lowest BCUT2D eigenvalue weighted by Gasteiger charge is -1.97. The number of thioether (sulfide) groups is 1. The zero-order valence-electron chi connectivity index (χ0n) is 9.34. The summed E-state index contributed by atoms with van der Waals surface area (Å²) in [5, 5.41) is 0.738. The molecule has 0 N–H and O–H groups in total. The summed E-state index contributed by atoms with van der Waals surface area (Å²) in [7, 11) is 0. The minimum atomic E-state index is -0.222. The maximum absolute atomic E-state index is 11.0. The third-order valence-corrected chi connectivity index (χ3v) is 2.31. The number of carbonyl (C=O) groups excluding carboxylic acids is 1. The highest BCUT2D eigenvalue weighted by Gasteiger charge is 1.97. The Morgan fingerprint density at radius 2 is 2.19 bits per heavy atom. The molecule has 16 heavy (non-hydrogen) atoms. The van der Waals surface area contributed by atoms with Gasteiger partial charge in [0.15, 0.2) is 5.16 Å². The molecule has 0 aromatic carbocycles. The van der Waals surface area contributed by atoms with Crippen molar-refractivity contribution < 1.29 is 9.53 Å². The van der Waals surface area contributed by atoms with Gasteiger partial charge in [0.05, 0.1) is 13.0 Å². The Balaban J connectivity index is 2.46. The maximum Gasteiger partial charge on any atom is 0.309 e. The van der Waals surface area contributed by atoms with E-state index in [4.69, 9.17) is 4.74 Å². The molecule has 0 aliphatic heterocycles. The summed E-state index contributed by atoms with van der Waals surface area (Å²) >= 11 is 1.49. The molecule has 1 aromatic rings. The summed E-state index contributed by atoms with van der Waals surface area (Å²) in [4.78, 5) is 19.3. The molecule has 4 nitrogen and oxygen atoms in total. The summed E-state index contributed by atoms with van der Waals surface area (Å²) in [5.41, 5.74) is 0.877. The highest BCUT2D eigenvalue weighted by molar-refractivity contribution is 7.98. The Hall–Kier alpha value is -1.36. The highest BCUT2D eigenvalue weighted by Crippen LogP contribution is 2.08. The molecule has 0 radical (unpaired) electrons. The van der Waals surface area contributed by atoms with Gasteiger partial charge in [0.25, 0.3) is 0 Å². The average molecular weight is 238 g/mol. The number of esters is 1. The quantitative estimate of drug-likeness (QED) is 0.447. The van der Waals surface area contributed by atoms with Crippen LogP contribution in [0.15, 0.2) is 23.6 Å². The van der Waals surface area contributed by atoms with Crippen molar-refractivity contribution in [2.75, 3.05) is 12.9 Å². The van der Waals surface area contributed by atoms with Crippen LogP contribution in [0.4, 0.5) is 0 Å². The van der Waals surface area contributed by atoms with Gasteiger partial charge in [-0.2, -0.15) is 0 Å². The topological polar surface area (TPSA) is 52.1 Å². The third kappa shape index (κ3) is 4.44. The van der Waals surface area contributed by atoms with Crippen LogP contribution in [0.3, 0.4) is 0 Å². The van der Waals surface area contributed by atoms with Gasteiger partial charge in [-0.25, -0.2) is 9.97 Å². The van der Waals surface area contributed by atoms with Gasteiger partial charge in [0.2, 0.25) is 0 Å². The van der Waals surface area contributed by atoms with Gasteiger partial charge in [0, 0.05) is 18.0 Å². The lowest BCUT2D eigenvalue weighted by molar-refractivity contribution is -0.142. The summed E-state index contributed by atoms with van der Waals surface area (Å²) in [6.45, 7) is 2.20. The molecular formula is C11H14N2O2S. The molecule has 1 aromatic heterocycles. The predicted molar refractivity (Wildman–Crippen MR) is 64.1 cm³/mol. The molecule has 1 rings (SSSR count). The van der Waals surface area contributed by atoms with Gasteiger partial charge in [-0.05, 0) is 13.2 Å². The summed E-state index contributed by atoms with van der Waals surface area (Å²) in [6, 6.07) is 0. The van der Waals surface area contributed by atoms with Gasteiger partial charge in [-0.1, -0.05) is 23.9 Å². The van der Waals surface area contributed by atoms with Crippen LogP contribution in [-0.4, -0.2) is 28.8 Å². The van der Waals surface area contributed by atoms with E-state index in [-0.39, 0.29) is 12.4 Å². The van der Waals surface area contributed by atoms with Crippen molar-refractivity contribution >= 4 is 23.8 Å². The van der Waals surface area contributed by atoms with E-state index in [1.807, 2.05) is 6.26 Å². The number of hydrogen-bond donors (Lipinski definition) is 0. The van der Waals surface area contributed by atoms with Crippen LogP contribution in [0.25, 0.3) is 6.08 Å². The average Bonchev–Trinajstić information content (AvgIpc) is 2.30. The van der Waals surface area contributed by atoms with Crippen molar-refractivity contribution in [2.45, 2.75) is 18.5 Å². The Bertz CT molecular complexity index is 363. The molecule has 0 saturated heterocycles. The number of hydrogen-bond acceptors (Lipinski definition) is 5. The molecule has 0 saturated carbocycles. The first-order chi connectivity index (χ1) is 7.76. The number of carbonyl (C=O) groups is 1. The van der Waals surface area contributed by atoms with Crippen LogP contribution >= 0.6 is 11.8 Å². The lowest BCUT2D eigenvalue weighted by atomic mass is 10.3. The van der Waals surface area contributed by atoms with E-state index in [1.165, 1.54) is 11.8 Å². The Labute approximate surface area is 99.1 Å². The van der Waals surface area contributed by atoms with Crippen LogP contribution in [-0.2, 0) is 9.53 Å². The fourth-order valence-electron chi connectivity index (χ4n) is 1.03. The Morgan fingerprint density at radius 3 is 2.75 bits per heavy atom. The van der Waals surface area contributed by atoms with E-state index in [2.05, 4.69) is 9.97 Å². The van der Waals surface area contributed by atoms with E-state index in [0.29, 0.717) is 6.61 Å². The fraction of sp³-hybridized carbons (Fsp3) is 0.364. The van der Waals surface area contributed by atoms with E-state index >= 15 is 0 Å². The third-order valence-electron chi connectivity index (χ3n) is 1.73. The summed E-state index contributed by atoms with van der Waals surface area (Å²) in [5.74, 6) is -0.222. The maximum atomic E-state index is 11.0. The molecular weight excluding hydrogens is 224 g/mol. The van der Waals surface area contributed by atoms with Crippen molar-refractivity contribution in [3.63, 3.8) is 0 Å². The summed E-state index contributed by atoms with van der Waals surface area (Å²) in [6.07, 6.45) is 9.20. The number of aromatic nitrogens is 2. The molecule has 0 spiro atoms. The standard InChI is InChI=1S/C11H14N2O2S/c1-3-15-10(14)6-4-5-9-7-12-11(16-2)13-8-9/h4-5,7-8H,3,6H2,1-2H3. The molecule has 5 heteroatoms. The second-order valence-corrected chi connectivity index (χ2v) is 3.69. The first kappa shape index (κ1) is 12.7. The lowest BCUT2D eigenvalue weighted by Crippen LogP contribution is -2.01. The molecule has 0 amide bonds. The van der Waals surface area contributed by atoms with E-state index in [1.54, 1.807) is 31.5 Å². The van der Waals surface area contributed by atoms with Crippen molar-refractivity contribution in [2.24, 2.45) is 0 Å². The Kier molecular flexibility index (Phi) is 5.56. The van der Waals surface area contributed by atoms with Crippen LogP contribution < -0.4 is 0 Å². The van der Waals surface area contributed by atoms with Crippen LogP contribution in [0.2, 0.25) is 0 Å². The van der Waals surface area contributed by atoms with Gasteiger partial charge in [0.1, 0.15) is 0 Å². The molecule has 0 fully saturated rings. The van der Waals surface area contributed by atoms with Crippen LogP contribution in [0.5, 0.6) is 0 Å². The Morgan fingerprint density at radius 1 is 1.50 bits per heavy atom. The van der Waals surface area contributed by atoms with E-state index in [0.717, 1.165) is 10.7 Å². The molecule has 1 heterocycles. The molecule has 0 atom stereocenters. The van der Waals surface area contributed by atoms with Crippen molar-refractivity contribution in [3.05, 3.63) is 24.0 Å². The first-order valence-electron chi connectivity index (χ1n) is 4.94. The second kappa shape index (κ2) is 7.00. The number of ether oxygens (including phenoxy) is 1. The summed E-state index contributed by atoms with van der Waals surface area (Å²) < 4.78 is 4.79. The smallest absolute Gasteiger partial charge is 0.309 e. The van der Waals surface area contributed by atoms with E-state index < -0.39 is 0 Å². The van der Waals surface area contributed by atoms with Gasteiger partial charge in [-0.15, -0.1) is 0 Å². The molecule has 0 aliphatic carbocycles. The highest BCUT2D eigenvalue weighted by atomic mass is 32.2. The minimum absolute atomic E-state index is 0.222. The zero-order valence-corrected chi connectivity index (χ0v) is 10.2. The monoisotopic (exact) mass is 238 g/mol. The number of rotatable bonds is 5. The zero-order chi connectivity index (χ0) is 11.8. The SMILES string of the molecule is CCOC(=O)CC=Cc1cnc(SC)nc1. The van der Waals surface area contributed by atoms with Crippen molar-refractivity contribution in [3.8, 4) is 0 Å². The van der Waals surface area contributed by atoms with Crippen LogP contribution in [0, 0.1) is 0 Å². The molecule has 86 valence electrons. The molecule has 0 bridgehead atoms. The predicted octanol–water partition coefficient (Wildman–Crippen LogP) is 2.16. The van der Waals surface area contributed by atoms with Crippen LogP contribution in [0.1, 0.15) is 18.9 Å². The van der Waals surface area contributed by atoms with E-state index in [9.17, 15) is 4.79 Å². The minimum Gasteiger partial charge on any atom is -0.466 e. The normalized spacial score (nSPS) is 10.6. The first-order valence-corrected chi connectivity index (χ1v) is 6.17. The van der Waals surface area contributed by atoms with Crippen molar-refractivity contribution in [1.82, 2.24) is 9.97 Å². The molecule has 0 aliphatic rings.